The van der Waals surface area contributed by atoms with Crippen molar-refractivity contribution in [3.8, 4) is 5.88 Å². The summed E-state index contributed by atoms with van der Waals surface area (Å²) in [7, 11) is 0. The number of rotatable bonds is 2. The molecule has 16 heavy (non-hydrogen) atoms. The van der Waals surface area contributed by atoms with Crippen molar-refractivity contribution in [2.75, 3.05) is 13.1 Å². The van der Waals surface area contributed by atoms with Gasteiger partial charge < -0.3 is 10.1 Å². The van der Waals surface area contributed by atoms with Crippen LogP contribution in [0.4, 0.5) is 4.39 Å². The lowest BCUT2D eigenvalue weighted by atomic mass is 10.2. The molecule has 0 spiro atoms. The van der Waals surface area contributed by atoms with E-state index in [-0.39, 0.29) is 11.9 Å². The van der Waals surface area contributed by atoms with Crippen LogP contribution < -0.4 is 10.1 Å². The molecule has 1 aromatic carbocycles. The van der Waals surface area contributed by atoms with E-state index >= 15 is 0 Å². The van der Waals surface area contributed by atoms with Crippen molar-refractivity contribution in [1.82, 2.24) is 15.5 Å². The maximum absolute atomic E-state index is 13.0. The Balaban J connectivity index is 1.91. The van der Waals surface area contributed by atoms with Crippen LogP contribution >= 0.6 is 0 Å². The van der Waals surface area contributed by atoms with Crippen molar-refractivity contribution in [3.63, 3.8) is 0 Å². The molecule has 1 aliphatic rings. The second-order valence-corrected chi connectivity index (χ2v) is 3.95. The first-order valence-corrected chi connectivity index (χ1v) is 5.34. The Bertz CT molecular complexity index is 505. The zero-order chi connectivity index (χ0) is 11.0. The molecular weight excluding hydrogens is 209 g/mol. The topological polar surface area (TPSA) is 49.9 Å². The molecule has 5 heteroatoms. The predicted octanol–water partition coefficient (Wildman–Crippen LogP) is 1.44. The average molecular weight is 221 g/mol. The van der Waals surface area contributed by atoms with E-state index in [0.29, 0.717) is 11.4 Å². The van der Waals surface area contributed by atoms with E-state index in [1.165, 1.54) is 12.1 Å². The molecule has 0 bridgehead atoms. The van der Waals surface area contributed by atoms with Crippen LogP contribution in [0.25, 0.3) is 10.9 Å². The van der Waals surface area contributed by atoms with Gasteiger partial charge in [0.15, 0.2) is 0 Å². The second-order valence-electron chi connectivity index (χ2n) is 3.95. The van der Waals surface area contributed by atoms with Crippen LogP contribution in [0.3, 0.4) is 0 Å². The fourth-order valence-electron chi connectivity index (χ4n) is 1.94. The van der Waals surface area contributed by atoms with Crippen LogP contribution in [0, 0.1) is 5.82 Å². The fourth-order valence-corrected chi connectivity index (χ4v) is 1.94. The molecule has 2 heterocycles. The number of H-pyrrole nitrogens is 1. The van der Waals surface area contributed by atoms with E-state index in [9.17, 15) is 4.39 Å². The zero-order valence-electron chi connectivity index (χ0n) is 8.66. The van der Waals surface area contributed by atoms with Crippen molar-refractivity contribution in [2.45, 2.75) is 12.5 Å². The Labute approximate surface area is 91.8 Å². The van der Waals surface area contributed by atoms with Gasteiger partial charge in [-0.3, -0.25) is 5.10 Å². The predicted molar refractivity (Wildman–Crippen MR) is 58.0 cm³/mol. The van der Waals surface area contributed by atoms with Gasteiger partial charge in [0.05, 0.1) is 10.9 Å². The molecule has 1 saturated heterocycles. The first kappa shape index (κ1) is 9.59. The number of aromatic amines is 1. The monoisotopic (exact) mass is 221 g/mol. The summed E-state index contributed by atoms with van der Waals surface area (Å²) in [4.78, 5) is 0. The van der Waals surface area contributed by atoms with Crippen LogP contribution in [0.5, 0.6) is 5.88 Å². The van der Waals surface area contributed by atoms with E-state index in [1.54, 1.807) is 6.07 Å². The van der Waals surface area contributed by atoms with E-state index in [2.05, 4.69) is 15.5 Å². The Morgan fingerprint density at radius 2 is 2.38 bits per heavy atom. The van der Waals surface area contributed by atoms with Gasteiger partial charge in [0.25, 0.3) is 0 Å². The number of aromatic nitrogens is 2. The molecule has 3 rings (SSSR count). The van der Waals surface area contributed by atoms with Crippen LogP contribution in [-0.2, 0) is 0 Å². The third-order valence-electron chi connectivity index (χ3n) is 2.78. The summed E-state index contributed by atoms with van der Waals surface area (Å²) in [5.74, 6) is 0.286. The molecule has 2 N–H and O–H groups in total. The van der Waals surface area contributed by atoms with Gasteiger partial charge in [-0.15, -0.1) is 5.10 Å². The molecule has 0 saturated carbocycles. The first-order valence-electron chi connectivity index (χ1n) is 5.34. The van der Waals surface area contributed by atoms with Crippen molar-refractivity contribution in [3.05, 3.63) is 24.0 Å². The molecule has 4 nitrogen and oxygen atoms in total. The third-order valence-corrected chi connectivity index (χ3v) is 2.78. The molecule has 0 aliphatic carbocycles. The number of nitrogens with one attached hydrogen (secondary N) is 2. The number of hydrogen-bond acceptors (Lipinski definition) is 3. The summed E-state index contributed by atoms with van der Waals surface area (Å²) in [6.07, 6.45) is 1.15. The van der Waals surface area contributed by atoms with Crippen LogP contribution in [0.15, 0.2) is 18.2 Å². The van der Waals surface area contributed by atoms with Crippen LogP contribution in [0.2, 0.25) is 0 Å². The van der Waals surface area contributed by atoms with Gasteiger partial charge in [-0.25, -0.2) is 4.39 Å². The van der Waals surface area contributed by atoms with Gasteiger partial charge >= 0.3 is 0 Å². The third kappa shape index (κ3) is 1.63. The highest BCUT2D eigenvalue weighted by molar-refractivity contribution is 5.83. The average Bonchev–Trinajstić information content (AvgIpc) is 2.89. The molecule has 1 aromatic heterocycles. The molecule has 2 aromatic rings. The maximum Gasteiger partial charge on any atom is 0.240 e. The van der Waals surface area contributed by atoms with Crippen LogP contribution in [0.1, 0.15) is 6.42 Å². The van der Waals surface area contributed by atoms with E-state index in [4.69, 9.17) is 4.74 Å². The summed E-state index contributed by atoms with van der Waals surface area (Å²) in [6.45, 7) is 1.82. The molecule has 1 atom stereocenters. The summed E-state index contributed by atoms with van der Waals surface area (Å²) in [5.41, 5.74) is 0.668. The minimum atomic E-state index is -0.273. The number of nitrogens with zero attached hydrogens (tertiary/aromatic N) is 1. The van der Waals surface area contributed by atoms with Crippen molar-refractivity contribution < 1.29 is 9.13 Å². The largest absolute Gasteiger partial charge is 0.471 e. The SMILES string of the molecule is Fc1ccc2c(OC3CCNC3)n[nH]c2c1. The summed E-state index contributed by atoms with van der Waals surface area (Å²) < 4.78 is 18.7. The fraction of sp³-hybridized carbons (Fsp3) is 0.364. The highest BCUT2D eigenvalue weighted by Crippen LogP contribution is 2.24. The van der Waals surface area contributed by atoms with Gasteiger partial charge in [0, 0.05) is 6.54 Å². The van der Waals surface area contributed by atoms with Crippen molar-refractivity contribution >= 4 is 10.9 Å². The summed E-state index contributed by atoms with van der Waals surface area (Å²) in [5, 5.41) is 10.9. The van der Waals surface area contributed by atoms with Crippen LogP contribution in [-0.4, -0.2) is 29.4 Å². The maximum atomic E-state index is 13.0. The second kappa shape index (κ2) is 3.75. The van der Waals surface area contributed by atoms with E-state index in [1.807, 2.05) is 0 Å². The molecule has 1 fully saturated rings. The Morgan fingerprint density at radius 1 is 1.44 bits per heavy atom. The molecule has 1 unspecified atom stereocenters. The smallest absolute Gasteiger partial charge is 0.240 e. The first-order chi connectivity index (χ1) is 7.83. The molecular formula is C11H12FN3O. The highest BCUT2D eigenvalue weighted by atomic mass is 19.1. The quantitative estimate of drug-likeness (QED) is 0.806. The van der Waals surface area contributed by atoms with Gasteiger partial charge in [-0.1, -0.05) is 0 Å². The number of fused-ring (bicyclic) bond motifs is 1. The standard InChI is InChI=1S/C11H12FN3O/c12-7-1-2-9-10(5-7)14-15-11(9)16-8-3-4-13-6-8/h1-2,5,8,13H,3-4,6H2,(H,14,15). The number of benzene rings is 1. The summed E-state index contributed by atoms with van der Waals surface area (Å²) in [6, 6.07) is 4.52. The minimum absolute atomic E-state index is 0.163. The summed E-state index contributed by atoms with van der Waals surface area (Å²) >= 11 is 0. The normalized spacial score (nSPS) is 20.4. The number of ether oxygens (including phenoxy) is 1. The lowest BCUT2D eigenvalue weighted by Gasteiger charge is -2.09. The lowest BCUT2D eigenvalue weighted by molar-refractivity contribution is 0.216. The molecule has 0 amide bonds. The molecule has 1 aliphatic heterocycles. The van der Waals surface area contributed by atoms with Crippen molar-refractivity contribution in [2.24, 2.45) is 0 Å². The van der Waals surface area contributed by atoms with E-state index in [0.717, 1.165) is 24.9 Å². The lowest BCUT2D eigenvalue weighted by Crippen LogP contribution is -2.19. The molecule has 84 valence electrons. The van der Waals surface area contributed by atoms with E-state index < -0.39 is 0 Å². The number of halogens is 1. The Morgan fingerprint density at radius 3 is 3.19 bits per heavy atom. The van der Waals surface area contributed by atoms with Gasteiger partial charge in [0.2, 0.25) is 5.88 Å². The molecule has 0 radical (unpaired) electrons. The van der Waals surface area contributed by atoms with Gasteiger partial charge in [0.1, 0.15) is 11.9 Å². The minimum Gasteiger partial charge on any atom is -0.471 e. The Hall–Kier alpha value is -1.62. The highest BCUT2D eigenvalue weighted by Gasteiger charge is 2.18. The Kier molecular flexibility index (Phi) is 2.25. The van der Waals surface area contributed by atoms with Gasteiger partial charge in [-0.05, 0) is 31.2 Å². The number of hydrogen-bond donors (Lipinski definition) is 2. The van der Waals surface area contributed by atoms with Gasteiger partial charge in [-0.2, -0.15) is 0 Å². The van der Waals surface area contributed by atoms with Crippen molar-refractivity contribution in [1.29, 1.82) is 0 Å². The zero-order valence-corrected chi connectivity index (χ0v) is 8.66.